The summed E-state index contributed by atoms with van der Waals surface area (Å²) in [5.41, 5.74) is -0.0432. The number of rotatable bonds is 11. The predicted octanol–water partition coefficient (Wildman–Crippen LogP) is 1.67. The molecule has 1 atom stereocenters. The number of carbonyl (C=O) groups is 1. The van der Waals surface area contributed by atoms with Gasteiger partial charge in [-0.3, -0.25) is 10.1 Å². The van der Waals surface area contributed by atoms with Crippen molar-refractivity contribution in [3.8, 4) is 0 Å². The number of ether oxygens (including phenoxy) is 2. The molecule has 0 aliphatic rings. The lowest BCUT2D eigenvalue weighted by Crippen LogP contribution is -3.11. The molecule has 27 heavy (non-hydrogen) atoms. The largest absolute Gasteiger partial charge is 0.463 e. The highest BCUT2D eigenvalue weighted by atomic mass is 19.1. The molecule has 0 bridgehead atoms. The van der Waals surface area contributed by atoms with E-state index in [0.717, 1.165) is 32.5 Å². The Labute approximate surface area is 161 Å². The number of amidine groups is 1. The fourth-order valence-corrected chi connectivity index (χ4v) is 2.65. The Morgan fingerprint density at radius 1 is 1.26 bits per heavy atom. The van der Waals surface area contributed by atoms with Gasteiger partial charge in [-0.2, -0.15) is 0 Å². The second kappa shape index (κ2) is 13.2. The first-order valence-corrected chi connectivity index (χ1v) is 9.60. The summed E-state index contributed by atoms with van der Waals surface area (Å²) < 4.78 is 24.3. The van der Waals surface area contributed by atoms with Crippen molar-refractivity contribution < 1.29 is 23.6 Å². The van der Waals surface area contributed by atoms with E-state index < -0.39 is 11.7 Å². The van der Waals surface area contributed by atoms with E-state index in [1.54, 1.807) is 18.1 Å². The number of aliphatic imine (C=N–C) groups is 1. The van der Waals surface area contributed by atoms with Gasteiger partial charge in [-0.05, 0) is 45.7 Å². The Morgan fingerprint density at radius 3 is 2.59 bits per heavy atom. The Balaban J connectivity index is 2.69. The van der Waals surface area contributed by atoms with E-state index in [-0.39, 0.29) is 24.2 Å². The van der Waals surface area contributed by atoms with Gasteiger partial charge in [0, 0.05) is 7.11 Å². The maximum absolute atomic E-state index is 13.8. The van der Waals surface area contributed by atoms with Crippen molar-refractivity contribution in [1.29, 1.82) is 0 Å². The van der Waals surface area contributed by atoms with Crippen LogP contribution in [0.2, 0.25) is 0 Å². The molecular weight excluding hydrogens is 349 g/mol. The second-order valence-electron chi connectivity index (χ2n) is 6.41. The van der Waals surface area contributed by atoms with Crippen LogP contribution >= 0.6 is 0 Å². The number of benzene rings is 1. The number of hydrogen-bond donors (Lipinski definition) is 2. The molecule has 6 nitrogen and oxygen atoms in total. The number of methoxy groups -OCH3 is 1. The van der Waals surface area contributed by atoms with Crippen molar-refractivity contribution in [2.24, 2.45) is 4.99 Å². The predicted molar refractivity (Wildman–Crippen MR) is 105 cm³/mol. The summed E-state index contributed by atoms with van der Waals surface area (Å²) in [6.07, 6.45) is 1.92. The molecule has 0 saturated carbocycles. The van der Waals surface area contributed by atoms with E-state index in [4.69, 9.17) is 9.47 Å². The van der Waals surface area contributed by atoms with Gasteiger partial charge in [-0.1, -0.05) is 12.1 Å². The Morgan fingerprint density at radius 2 is 1.96 bits per heavy atom. The molecule has 0 aliphatic heterocycles. The number of nitrogens with zero attached hydrogens (tertiary/aromatic N) is 1. The smallest absolute Gasteiger partial charge is 0.292 e. The Hall–Kier alpha value is -1.99. The van der Waals surface area contributed by atoms with Crippen LogP contribution in [0.25, 0.3) is 0 Å². The average molecular weight is 383 g/mol. The standard InChI is InChI=1S/C20H32FN3O3/c1-5-24(6-2)13-9-10-16(3)22-20(27-15-14-26-4)23-19(25)17-11-7-8-12-18(17)21/h7-8,11-12,16H,5-6,9-10,13-15H2,1-4H3,(H,22,23,25)/p+1/t16-/m1/s1. The maximum Gasteiger partial charge on any atom is 0.292 e. The van der Waals surface area contributed by atoms with Gasteiger partial charge >= 0.3 is 0 Å². The summed E-state index contributed by atoms with van der Waals surface area (Å²) in [7, 11) is 1.57. The zero-order valence-electron chi connectivity index (χ0n) is 16.9. The van der Waals surface area contributed by atoms with Gasteiger partial charge in [0.2, 0.25) is 0 Å². The van der Waals surface area contributed by atoms with Gasteiger partial charge in [0.1, 0.15) is 12.4 Å². The van der Waals surface area contributed by atoms with Gasteiger partial charge in [-0.15, -0.1) is 0 Å². The van der Waals surface area contributed by atoms with Crippen molar-refractivity contribution in [2.75, 3.05) is 40.0 Å². The summed E-state index contributed by atoms with van der Waals surface area (Å²) in [5.74, 6) is -1.16. The van der Waals surface area contributed by atoms with Crippen molar-refractivity contribution in [1.82, 2.24) is 5.32 Å². The first-order chi connectivity index (χ1) is 13.0. The number of amides is 1. The number of carbonyl (C=O) groups excluding carboxylic acids is 1. The number of nitrogens with one attached hydrogen (secondary N) is 2. The highest BCUT2D eigenvalue weighted by molar-refractivity contribution is 6.04. The highest BCUT2D eigenvalue weighted by Gasteiger charge is 2.15. The minimum atomic E-state index is -0.582. The van der Waals surface area contributed by atoms with Crippen LogP contribution in [0, 0.1) is 5.82 Å². The zero-order valence-corrected chi connectivity index (χ0v) is 16.9. The topological polar surface area (TPSA) is 64.4 Å². The molecule has 0 unspecified atom stereocenters. The van der Waals surface area contributed by atoms with E-state index in [2.05, 4.69) is 24.2 Å². The van der Waals surface area contributed by atoms with Crippen molar-refractivity contribution >= 4 is 11.9 Å². The SMILES string of the molecule is CC[NH+](CC)CCC[C@@H](C)N=C(NC(=O)c1ccccc1F)OCCOC. The number of hydrogen-bond acceptors (Lipinski definition) is 4. The van der Waals surface area contributed by atoms with E-state index in [1.807, 2.05) is 6.92 Å². The third-order valence-corrected chi connectivity index (χ3v) is 4.36. The van der Waals surface area contributed by atoms with Gasteiger partial charge in [0.25, 0.3) is 11.9 Å². The first-order valence-electron chi connectivity index (χ1n) is 9.60. The van der Waals surface area contributed by atoms with Gasteiger partial charge in [0.15, 0.2) is 0 Å². The van der Waals surface area contributed by atoms with Crippen LogP contribution in [0.3, 0.4) is 0 Å². The van der Waals surface area contributed by atoms with Gasteiger partial charge in [0.05, 0.1) is 37.8 Å². The minimum Gasteiger partial charge on any atom is -0.463 e. The first kappa shape index (κ1) is 23.0. The fourth-order valence-electron chi connectivity index (χ4n) is 2.65. The molecule has 0 fully saturated rings. The molecule has 1 amide bonds. The molecular formula is C20H33FN3O3+. The molecule has 1 rings (SSSR count). The summed E-state index contributed by atoms with van der Waals surface area (Å²) in [6.45, 7) is 10.3. The molecule has 1 aromatic carbocycles. The van der Waals surface area contributed by atoms with Crippen molar-refractivity contribution in [2.45, 2.75) is 39.7 Å². The van der Waals surface area contributed by atoms with Crippen LogP contribution < -0.4 is 10.2 Å². The van der Waals surface area contributed by atoms with Crippen LogP contribution in [0.15, 0.2) is 29.3 Å². The Bertz CT molecular complexity index is 592. The van der Waals surface area contributed by atoms with Crippen molar-refractivity contribution in [3.63, 3.8) is 0 Å². The number of quaternary nitrogens is 1. The van der Waals surface area contributed by atoms with E-state index in [1.165, 1.54) is 18.2 Å². The van der Waals surface area contributed by atoms with Crippen LogP contribution in [-0.4, -0.2) is 57.9 Å². The third-order valence-electron chi connectivity index (χ3n) is 4.36. The van der Waals surface area contributed by atoms with Crippen LogP contribution in [0.4, 0.5) is 4.39 Å². The van der Waals surface area contributed by atoms with E-state index in [9.17, 15) is 9.18 Å². The minimum absolute atomic E-state index is 0.0153. The van der Waals surface area contributed by atoms with Gasteiger partial charge in [-0.25, -0.2) is 9.38 Å². The quantitative estimate of drug-likeness (QED) is 0.348. The summed E-state index contributed by atoms with van der Waals surface area (Å²) in [6, 6.07) is 5.90. The lowest BCUT2D eigenvalue weighted by molar-refractivity contribution is -0.896. The Kier molecular flexibility index (Phi) is 11.3. The lowest BCUT2D eigenvalue weighted by Gasteiger charge is -2.16. The molecule has 152 valence electrons. The maximum atomic E-state index is 13.8. The highest BCUT2D eigenvalue weighted by Crippen LogP contribution is 2.07. The van der Waals surface area contributed by atoms with Crippen molar-refractivity contribution in [3.05, 3.63) is 35.6 Å². The summed E-state index contributed by atoms with van der Waals surface area (Å²) >= 11 is 0. The summed E-state index contributed by atoms with van der Waals surface area (Å²) in [4.78, 5) is 18.3. The van der Waals surface area contributed by atoms with E-state index in [0.29, 0.717) is 6.61 Å². The lowest BCUT2D eigenvalue weighted by atomic mass is 10.2. The molecule has 7 heteroatoms. The normalized spacial score (nSPS) is 12.9. The molecule has 2 N–H and O–H groups in total. The summed E-state index contributed by atoms with van der Waals surface area (Å²) in [5, 5.41) is 2.57. The molecule has 0 radical (unpaired) electrons. The average Bonchev–Trinajstić information content (AvgIpc) is 2.65. The van der Waals surface area contributed by atoms with Gasteiger partial charge < -0.3 is 14.4 Å². The fraction of sp³-hybridized carbons (Fsp3) is 0.600. The molecule has 0 heterocycles. The van der Waals surface area contributed by atoms with Crippen LogP contribution in [0.1, 0.15) is 44.0 Å². The van der Waals surface area contributed by atoms with Crippen LogP contribution in [0.5, 0.6) is 0 Å². The van der Waals surface area contributed by atoms with Crippen LogP contribution in [-0.2, 0) is 9.47 Å². The second-order valence-corrected chi connectivity index (χ2v) is 6.41. The van der Waals surface area contributed by atoms with E-state index >= 15 is 0 Å². The zero-order chi connectivity index (χ0) is 20.1. The monoisotopic (exact) mass is 382 g/mol. The molecule has 0 saturated heterocycles. The number of halogens is 1. The molecule has 0 spiro atoms. The third kappa shape index (κ3) is 8.97. The molecule has 0 aromatic heterocycles. The molecule has 1 aromatic rings. The molecule has 0 aliphatic carbocycles.